The standard InChI is InChI=1S/C25H29N9O/c1-17-8-10-19(11-9-17)23-28-21(35-32-23)16-33-12-14-34(15-13-33)18(2)22-29-24(26)31-25(30-22)27-20-6-4-3-5-7-20/h3-11,18H,12-16H2,1-2H3,(H3,26,27,29,30,31)/t18-/m1/s1. The summed E-state index contributed by atoms with van der Waals surface area (Å²) in [5.74, 6) is 2.57. The van der Waals surface area contributed by atoms with Gasteiger partial charge >= 0.3 is 0 Å². The Labute approximate surface area is 204 Å². The van der Waals surface area contributed by atoms with Crippen LogP contribution >= 0.6 is 0 Å². The highest BCUT2D eigenvalue weighted by molar-refractivity contribution is 5.54. The predicted octanol–water partition coefficient (Wildman–Crippen LogP) is 3.43. The zero-order valence-corrected chi connectivity index (χ0v) is 19.9. The number of benzene rings is 2. The summed E-state index contributed by atoms with van der Waals surface area (Å²) in [7, 11) is 0. The van der Waals surface area contributed by atoms with Crippen molar-refractivity contribution in [2.75, 3.05) is 37.2 Å². The maximum atomic E-state index is 5.99. The molecular weight excluding hydrogens is 442 g/mol. The van der Waals surface area contributed by atoms with Crippen molar-refractivity contribution >= 4 is 17.6 Å². The van der Waals surface area contributed by atoms with E-state index >= 15 is 0 Å². The second kappa shape index (κ2) is 10.2. The van der Waals surface area contributed by atoms with E-state index in [4.69, 9.17) is 10.3 Å². The Morgan fingerprint density at radius 1 is 0.943 bits per heavy atom. The average molecular weight is 472 g/mol. The van der Waals surface area contributed by atoms with Gasteiger partial charge in [0.2, 0.25) is 23.6 Å². The molecule has 10 heteroatoms. The molecule has 2 aromatic carbocycles. The molecule has 1 fully saturated rings. The Balaban J connectivity index is 1.18. The third-order valence-electron chi connectivity index (χ3n) is 6.16. The van der Waals surface area contributed by atoms with E-state index in [1.165, 1.54) is 5.56 Å². The van der Waals surface area contributed by atoms with Crippen molar-refractivity contribution in [3.05, 3.63) is 71.9 Å². The van der Waals surface area contributed by atoms with Gasteiger partial charge in [0.15, 0.2) is 5.82 Å². The first-order valence-electron chi connectivity index (χ1n) is 11.7. The fourth-order valence-corrected chi connectivity index (χ4v) is 4.11. The molecule has 5 rings (SSSR count). The lowest BCUT2D eigenvalue weighted by molar-refractivity contribution is 0.0877. The minimum Gasteiger partial charge on any atom is -0.368 e. The number of nitrogens with one attached hydrogen (secondary N) is 1. The first kappa shape index (κ1) is 22.9. The Bertz CT molecular complexity index is 1250. The van der Waals surface area contributed by atoms with Crippen LogP contribution in [0.15, 0.2) is 59.1 Å². The van der Waals surface area contributed by atoms with Crippen LogP contribution in [-0.2, 0) is 6.54 Å². The number of anilines is 3. The summed E-state index contributed by atoms with van der Waals surface area (Å²) in [6, 6.07) is 17.9. The Morgan fingerprint density at radius 3 is 2.43 bits per heavy atom. The topological polar surface area (TPSA) is 122 Å². The maximum Gasteiger partial charge on any atom is 0.241 e. The van der Waals surface area contributed by atoms with Crippen molar-refractivity contribution in [3.8, 4) is 11.4 Å². The number of hydrogen-bond donors (Lipinski definition) is 2. The molecule has 4 aromatic rings. The summed E-state index contributed by atoms with van der Waals surface area (Å²) in [6.45, 7) is 8.28. The molecule has 3 heterocycles. The van der Waals surface area contributed by atoms with Crippen LogP contribution in [0.1, 0.15) is 30.2 Å². The first-order valence-corrected chi connectivity index (χ1v) is 11.7. The second-order valence-electron chi connectivity index (χ2n) is 8.73. The van der Waals surface area contributed by atoms with Gasteiger partial charge in [0, 0.05) is 37.4 Å². The molecule has 0 bridgehead atoms. The summed E-state index contributed by atoms with van der Waals surface area (Å²) in [4.78, 5) is 22.5. The summed E-state index contributed by atoms with van der Waals surface area (Å²) >= 11 is 0. The molecule has 0 aliphatic carbocycles. The summed E-state index contributed by atoms with van der Waals surface area (Å²) < 4.78 is 5.51. The molecule has 3 N–H and O–H groups in total. The minimum atomic E-state index is 0.00955. The molecule has 0 amide bonds. The van der Waals surface area contributed by atoms with E-state index in [1.807, 2.05) is 54.6 Å². The summed E-state index contributed by atoms with van der Waals surface area (Å²) in [6.07, 6.45) is 0. The van der Waals surface area contributed by atoms with Crippen molar-refractivity contribution in [2.24, 2.45) is 0 Å². The van der Waals surface area contributed by atoms with Gasteiger partial charge in [-0.15, -0.1) is 0 Å². The molecule has 0 saturated carbocycles. The normalized spacial score (nSPS) is 15.7. The number of nitrogens with zero attached hydrogens (tertiary/aromatic N) is 7. The summed E-state index contributed by atoms with van der Waals surface area (Å²) in [5.41, 5.74) is 9.05. The van der Waals surface area contributed by atoms with Gasteiger partial charge in [-0.1, -0.05) is 53.2 Å². The number of hydrogen-bond acceptors (Lipinski definition) is 10. The fourth-order valence-electron chi connectivity index (χ4n) is 4.11. The Kier molecular flexibility index (Phi) is 6.64. The number of piperazine rings is 1. The van der Waals surface area contributed by atoms with Gasteiger partial charge in [0.05, 0.1) is 12.6 Å². The highest BCUT2D eigenvalue weighted by Crippen LogP contribution is 2.22. The fraction of sp³-hybridized carbons (Fsp3) is 0.320. The molecule has 1 aliphatic rings. The largest absolute Gasteiger partial charge is 0.368 e. The zero-order valence-electron chi connectivity index (χ0n) is 19.9. The number of para-hydroxylation sites is 1. The predicted molar refractivity (Wildman–Crippen MR) is 134 cm³/mol. The van der Waals surface area contributed by atoms with Crippen LogP contribution in [0.25, 0.3) is 11.4 Å². The van der Waals surface area contributed by atoms with Crippen molar-refractivity contribution in [3.63, 3.8) is 0 Å². The van der Waals surface area contributed by atoms with Crippen molar-refractivity contribution in [2.45, 2.75) is 26.4 Å². The van der Waals surface area contributed by atoms with Gasteiger partial charge in [-0.3, -0.25) is 9.80 Å². The van der Waals surface area contributed by atoms with Crippen LogP contribution in [0, 0.1) is 6.92 Å². The van der Waals surface area contributed by atoms with E-state index in [0.29, 0.717) is 30.0 Å². The van der Waals surface area contributed by atoms with Crippen LogP contribution in [0.3, 0.4) is 0 Å². The van der Waals surface area contributed by atoms with E-state index in [1.54, 1.807) is 0 Å². The van der Waals surface area contributed by atoms with Gasteiger partial charge in [-0.2, -0.15) is 19.9 Å². The maximum absolute atomic E-state index is 5.99. The molecule has 1 saturated heterocycles. The average Bonchev–Trinajstić information content (AvgIpc) is 3.33. The number of nitrogens with two attached hydrogens (primary N) is 1. The second-order valence-corrected chi connectivity index (χ2v) is 8.73. The molecule has 35 heavy (non-hydrogen) atoms. The SMILES string of the molecule is Cc1ccc(-c2noc(CN3CCN([C@H](C)c4nc(N)nc(Nc5ccccc5)n4)CC3)n2)cc1. The molecule has 0 spiro atoms. The van der Waals surface area contributed by atoms with Gasteiger partial charge in [0.25, 0.3) is 0 Å². The molecule has 0 radical (unpaired) electrons. The molecular formula is C25H29N9O. The van der Waals surface area contributed by atoms with Crippen LogP contribution < -0.4 is 11.1 Å². The Hall–Kier alpha value is -3.89. The van der Waals surface area contributed by atoms with E-state index in [9.17, 15) is 0 Å². The smallest absolute Gasteiger partial charge is 0.241 e. The van der Waals surface area contributed by atoms with E-state index in [2.05, 4.69) is 54.1 Å². The van der Waals surface area contributed by atoms with E-state index in [0.717, 1.165) is 37.4 Å². The monoisotopic (exact) mass is 471 g/mol. The van der Waals surface area contributed by atoms with Gasteiger partial charge in [-0.05, 0) is 26.0 Å². The highest BCUT2D eigenvalue weighted by atomic mass is 16.5. The van der Waals surface area contributed by atoms with Crippen molar-refractivity contribution in [1.29, 1.82) is 0 Å². The summed E-state index contributed by atoms with van der Waals surface area (Å²) in [5, 5.41) is 7.35. The van der Waals surface area contributed by atoms with E-state index < -0.39 is 0 Å². The van der Waals surface area contributed by atoms with Crippen molar-refractivity contribution in [1.82, 2.24) is 34.9 Å². The van der Waals surface area contributed by atoms with Crippen LogP contribution in [0.2, 0.25) is 0 Å². The lowest BCUT2D eigenvalue weighted by Crippen LogP contribution is -2.47. The molecule has 1 aliphatic heterocycles. The molecule has 10 nitrogen and oxygen atoms in total. The lowest BCUT2D eigenvalue weighted by Gasteiger charge is -2.36. The van der Waals surface area contributed by atoms with E-state index in [-0.39, 0.29) is 12.0 Å². The third kappa shape index (κ3) is 5.61. The Morgan fingerprint density at radius 2 is 1.69 bits per heavy atom. The van der Waals surface area contributed by atoms with Gasteiger partial charge < -0.3 is 15.6 Å². The molecule has 1 atom stereocenters. The van der Waals surface area contributed by atoms with Gasteiger partial charge in [-0.25, -0.2) is 0 Å². The number of nitrogen functional groups attached to an aromatic ring is 1. The number of aromatic nitrogens is 5. The first-order chi connectivity index (χ1) is 17.0. The van der Waals surface area contributed by atoms with Crippen LogP contribution in [0.4, 0.5) is 17.6 Å². The molecule has 0 unspecified atom stereocenters. The highest BCUT2D eigenvalue weighted by Gasteiger charge is 2.25. The minimum absolute atomic E-state index is 0.00955. The molecule has 180 valence electrons. The zero-order chi connectivity index (χ0) is 24.2. The van der Waals surface area contributed by atoms with Crippen LogP contribution in [-0.4, -0.2) is 61.1 Å². The quantitative estimate of drug-likeness (QED) is 0.414. The number of aryl methyl sites for hydroxylation is 1. The van der Waals surface area contributed by atoms with Crippen molar-refractivity contribution < 1.29 is 4.52 Å². The van der Waals surface area contributed by atoms with Gasteiger partial charge in [0.1, 0.15) is 0 Å². The molecule has 2 aromatic heterocycles. The third-order valence-corrected chi connectivity index (χ3v) is 6.16. The van der Waals surface area contributed by atoms with Crippen LogP contribution in [0.5, 0.6) is 0 Å². The number of rotatable bonds is 7. The lowest BCUT2D eigenvalue weighted by atomic mass is 10.1.